The van der Waals surface area contributed by atoms with Crippen LogP contribution in [0.15, 0.2) is 24.5 Å². The minimum atomic E-state index is -0.162. The molecule has 1 fully saturated rings. The van der Waals surface area contributed by atoms with E-state index in [-0.39, 0.29) is 23.8 Å². The molecule has 0 bridgehead atoms. The van der Waals surface area contributed by atoms with Crippen LogP contribution in [-0.2, 0) is 4.79 Å². The quantitative estimate of drug-likeness (QED) is 0.662. The molecular formula is C14H20N4O2. The van der Waals surface area contributed by atoms with Gasteiger partial charge in [0.15, 0.2) is 0 Å². The van der Waals surface area contributed by atoms with Gasteiger partial charge in [-0.15, -0.1) is 0 Å². The first-order valence-corrected chi connectivity index (χ1v) is 6.88. The van der Waals surface area contributed by atoms with Crippen molar-refractivity contribution in [2.45, 2.75) is 25.3 Å². The fourth-order valence-electron chi connectivity index (χ4n) is 2.37. The number of carbonyl (C=O) groups excluding carboxylic acids is 2. The van der Waals surface area contributed by atoms with Crippen molar-refractivity contribution in [2.75, 3.05) is 13.1 Å². The zero-order valence-electron chi connectivity index (χ0n) is 11.3. The van der Waals surface area contributed by atoms with Crippen molar-refractivity contribution in [3.8, 4) is 0 Å². The van der Waals surface area contributed by atoms with Crippen LogP contribution in [0.2, 0.25) is 0 Å². The number of rotatable bonds is 5. The van der Waals surface area contributed by atoms with Gasteiger partial charge in [-0.25, -0.2) is 0 Å². The number of amides is 2. The second kappa shape index (κ2) is 7.00. The summed E-state index contributed by atoms with van der Waals surface area (Å²) in [5.41, 5.74) is 6.34. The summed E-state index contributed by atoms with van der Waals surface area (Å²) in [6.45, 7) is 0.840. The summed E-state index contributed by atoms with van der Waals surface area (Å²) in [4.78, 5) is 27.4. The summed E-state index contributed by atoms with van der Waals surface area (Å²) in [5, 5.41) is 5.58. The van der Waals surface area contributed by atoms with Crippen LogP contribution in [0.25, 0.3) is 0 Å². The van der Waals surface area contributed by atoms with Gasteiger partial charge < -0.3 is 16.4 Å². The Labute approximate surface area is 118 Å². The third-order valence-electron chi connectivity index (χ3n) is 3.50. The van der Waals surface area contributed by atoms with Crippen LogP contribution in [-0.4, -0.2) is 35.9 Å². The highest BCUT2D eigenvalue weighted by Crippen LogP contribution is 2.23. The summed E-state index contributed by atoms with van der Waals surface area (Å²) >= 11 is 0. The fraction of sp³-hybridized carbons (Fsp3) is 0.500. The van der Waals surface area contributed by atoms with Gasteiger partial charge in [0.25, 0.3) is 5.91 Å². The molecule has 0 unspecified atom stereocenters. The van der Waals surface area contributed by atoms with E-state index < -0.39 is 0 Å². The Bertz CT molecular complexity index is 464. The van der Waals surface area contributed by atoms with Gasteiger partial charge in [-0.05, 0) is 31.4 Å². The highest BCUT2D eigenvalue weighted by molar-refractivity contribution is 5.93. The predicted molar refractivity (Wildman–Crippen MR) is 74.9 cm³/mol. The first kappa shape index (κ1) is 14.5. The van der Waals surface area contributed by atoms with Crippen molar-refractivity contribution >= 4 is 11.8 Å². The molecule has 0 aromatic carbocycles. The largest absolute Gasteiger partial charge is 0.354 e. The second-order valence-corrected chi connectivity index (χ2v) is 5.05. The molecule has 0 saturated heterocycles. The minimum Gasteiger partial charge on any atom is -0.354 e. The number of carbonyl (C=O) groups is 2. The Balaban J connectivity index is 1.64. The molecule has 1 aliphatic rings. The molecule has 108 valence electrons. The molecule has 1 aromatic rings. The smallest absolute Gasteiger partial charge is 0.251 e. The number of aromatic nitrogens is 1. The molecule has 1 saturated carbocycles. The molecule has 2 rings (SSSR count). The van der Waals surface area contributed by atoms with Crippen LogP contribution >= 0.6 is 0 Å². The molecule has 0 spiro atoms. The van der Waals surface area contributed by atoms with Gasteiger partial charge in [-0.1, -0.05) is 0 Å². The van der Waals surface area contributed by atoms with Gasteiger partial charge in [0.1, 0.15) is 0 Å². The van der Waals surface area contributed by atoms with E-state index in [4.69, 9.17) is 5.73 Å². The molecule has 1 heterocycles. The predicted octanol–water partition coefficient (Wildman–Crippen LogP) is 0.0550. The normalized spacial score (nSPS) is 21.4. The maximum atomic E-state index is 11.8. The lowest BCUT2D eigenvalue weighted by atomic mass is 10.1. The van der Waals surface area contributed by atoms with Gasteiger partial charge in [0.2, 0.25) is 5.91 Å². The van der Waals surface area contributed by atoms with Crippen molar-refractivity contribution in [3.05, 3.63) is 30.1 Å². The van der Waals surface area contributed by atoms with Gasteiger partial charge >= 0.3 is 0 Å². The van der Waals surface area contributed by atoms with Crippen LogP contribution in [0.3, 0.4) is 0 Å². The van der Waals surface area contributed by atoms with Crippen LogP contribution in [0.4, 0.5) is 0 Å². The maximum absolute atomic E-state index is 11.8. The van der Waals surface area contributed by atoms with Crippen LogP contribution in [0, 0.1) is 5.92 Å². The number of hydrogen-bond donors (Lipinski definition) is 3. The standard InChI is InChI=1S/C14H20N4O2/c15-12-2-1-11(9-12)14(20)18-8-7-17-13(19)10-3-5-16-6-4-10/h3-6,11-12H,1-2,7-9,15H2,(H,17,19)(H,18,20)/t11-,12+/m0/s1. The van der Waals surface area contributed by atoms with Gasteiger partial charge in [-0.3, -0.25) is 14.6 Å². The number of nitrogens with one attached hydrogen (secondary N) is 2. The van der Waals surface area contributed by atoms with Crippen molar-refractivity contribution in [2.24, 2.45) is 11.7 Å². The number of pyridine rings is 1. The monoisotopic (exact) mass is 276 g/mol. The summed E-state index contributed by atoms with van der Waals surface area (Å²) in [7, 11) is 0. The Kier molecular flexibility index (Phi) is 5.06. The Morgan fingerprint density at radius 1 is 1.20 bits per heavy atom. The Morgan fingerprint density at radius 3 is 2.55 bits per heavy atom. The lowest BCUT2D eigenvalue weighted by Gasteiger charge is -2.11. The second-order valence-electron chi connectivity index (χ2n) is 5.05. The molecule has 2 atom stereocenters. The molecule has 6 heteroatoms. The Morgan fingerprint density at radius 2 is 1.90 bits per heavy atom. The van der Waals surface area contributed by atoms with Gasteiger partial charge in [0.05, 0.1) is 0 Å². The minimum absolute atomic E-state index is 0.0286. The highest BCUT2D eigenvalue weighted by Gasteiger charge is 2.27. The highest BCUT2D eigenvalue weighted by atomic mass is 16.2. The first-order chi connectivity index (χ1) is 9.66. The maximum Gasteiger partial charge on any atom is 0.251 e. The average molecular weight is 276 g/mol. The van der Waals surface area contributed by atoms with E-state index in [2.05, 4.69) is 15.6 Å². The van der Waals surface area contributed by atoms with Crippen molar-refractivity contribution in [1.82, 2.24) is 15.6 Å². The molecule has 1 aromatic heterocycles. The fourth-order valence-corrected chi connectivity index (χ4v) is 2.37. The van der Waals surface area contributed by atoms with Gasteiger partial charge in [0, 0.05) is 43.0 Å². The van der Waals surface area contributed by atoms with Crippen molar-refractivity contribution in [1.29, 1.82) is 0 Å². The molecular weight excluding hydrogens is 256 g/mol. The van der Waals surface area contributed by atoms with Crippen LogP contribution in [0.1, 0.15) is 29.6 Å². The number of hydrogen-bond acceptors (Lipinski definition) is 4. The van der Waals surface area contributed by atoms with Crippen molar-refractivity contribution in [3.63, 3.8) is 0 Å². The molecule has 2 amide bonds. The van der Waals surface area contributed by atoms with Gasteiger partial charge in [-0.2, -0.15) is 0 Å². The summed E-state index contributed by atoms with van der Waals surface area (Å²) in [6, 6.07) is 3.44. The van der Waals surface area contributed by atoms with E-state index in [0.717, 1.165) is 19.3 Å². The average Bonchev–Trinajstić information content (AvgIpc) is 2.91. The summed E-state index contributed by atoms with van der Waals surface area (Å²) in [5.74, 6) is -0.0958. The molecule has 6 nitrogen and oxygen atoms in total. The van der Waals surface area contributed by atoms with E-state index in [0.29, 0.717) is 18.7 Å². The first-order valence-electron chi connectivity index (χ1n) is 6.88. The van der Waals surface area contributed by atoms with E-state index in [9.17, 15) is 9.59 Å². The molecule has 0 radical (unpaired) electrons. The third-order valence-corrected chi connectivity index (χ3v) is 3.50. The van der Waals surface area contributed by atoms with E-state index in [1.165, 1.54) is 0 Å². The molecule has 4 N–H and O–H groups in total. The zero-order valence-corrected chi connectivity index (χ0v) is 11.3. The topological polar surface area (TPSA) is 97.1 Å². The van der Waals surface area contributed by atoms with Crippen molar-refractivity contribution < 1.29 is 9.59 Å². The van der Waals surface area contributed by atoms with E-state index >= 15 is 0 Å². The molecule has 20 heavy (non-hydrogen) atoms. The number of nitrogens with two attached hydrogens (primary N) is 1. The SMILES string of the molecule is N[C@@H]1CC[C@H](C(=O)NCCNC(=O)c2ccncc2)C1. The zero-order chi connectivity index (χ0) is 14.4. The van der Waals surface area contributed by atoms with Crippen LogP contribution in [0.5, 0.6) is 0 Å². The lowest BCUT2D eigenvalue weighted by Crippen LogP contribution is -2.37. The van der Waals surface area contributed by atoms with E-state index in [1.54, 1.807) is 24.5 Å². The number of nitrogens with zero attached hydrogens (tertiary/aromatic N) is 1. The summed E-state index contributed by atoms with van der Waals surface area (Å²) < 4.78 is 0. The lowest BCUT2D eigenvalue weighted by molar-refractivity contribution is -0.124. The third kappa shape index (κ3) is 4.03. The van der Waals surface area contributed by atoms with Crippen LogP contribution < -0.4 is 16.4 Å². The van der Waals surface area contributed by atoms with E-state index in [1.807, 2.05) is 0 Å². The molecule has 0 aliphatic heterocycles. The Hall–Kier alpha value is -1.95. The summed E-state index contributed by atoms with van der Waals surface area (Å²) in [6.07, 6.45) is 5.67. The molecule has 1 aliphatic carbocycles.